The van der Waals surface area contributed by atoms with Gasteiger partial charge in [-0.1, -0.05) is 27.3 Å². The van der Waals surface area contributed by atoms with E-state index < -0.39 is 0 Å². The maximum Gasteiger partial charge on any atom is 0.240 e. The fourth-order valence-corrected chi connectivity index (χ4v) is 4.73. The van der Waals surface area contributed by atoms with Crippen molar-refractivity contribution in [2.24, 2.45) is 0 Å². The average Bonchev–Trinajstić information content (AvgIpc) is 3.16. The number of carbonyl (C=O) groups excluding carboxylic acids is 1. The van der Waals surface area contributed by atoms with Crippen LogP contribution < -0.4 is 14.4 Å². The first-order valence-corrected chi connectivity index (χ1v) is 8.99. The van der Waals surface area contributed by atoms with Gasteiger partial charge in [0.15, 0.2) is 11.5 Å². The molecule has 9 heteroatoms. The fourth-order valence-electron chi connectivity index (χ4n) is 2.19. The summed E-state index contributed by atoms with van der Waals surface area (Å²) in [5.41, 5.74) is 2.55. The molecular formula is C13H12BrN3O3S2. The Morgan fingerprint density at radius 3 is 2.68 bits per heavy atom. The highest BCUT2D eigenvalue weighted by Gasteiger charge is 2.37. The summed E-state index contributed by atoms with van der Waals surface area (Å²) in [4.78, 5) is 13.9. The number of halogens is 1. The van der Waals surface area contributed by atoms with E-state index in [4.69, 9.17) is 9.47 Å². The van der Waals surface area contributed by atoms with Crippen molar-refractivity contribution in [2.75, 3.05) is 24.9 Å². The molecule has 116 valence electrons. The Balaban J connectivity index is 2.04. The first kappa shape index (κ1) is 15.6. The molecule has 1 amide bonds. The molecule has 0 unspecified atom stereocenters. The van der Waals surface area contributed by atoms with Gasteiger partial charge >= 0.3 is 0 Å². The molecular weight excluding hydrogens is 390 g/mol. The second-order valence-corrected chi connectivity index (χ2v) is 7.11. The lowest BCUT2D eigenvalue weighted by Crippen LogP contribution is -2.28. The molecule has 2 heterocycles. The van der Waals surface area contributed by atoms with Crippen molar-refractivity contribution in [1.82, 2.24) is 10.2 Å². The van der Waals surface area contributed by atoms with Gasteiger partial charge in [0.05, 0.1) is 20.0 Å². The zero-order chi connectivity index (χ0) is 15.7. The number of rotatable bonds is 4. The molecule has 2 aromatic rings. The van der Waals surface area contributed by atoms with Crippen molar-refractivity contribution >= 4 is 50.1 Å². The van der Waals surface area contributed by atoms with Crippen LogP contribution in [0.4, 0.5) is 5.13 Å². The zero-order valence-corrected chi connectivity index (χ0v) is 15.0. The molecule has 0 saturated carbocycles. The van der Waals surface area contributed by atoms with Crippen molar-refractivity contribution in [3.8, 4) is 11.5 Å². The van der Waals surface area contributed by atoms with Crippen LogP contribution in [0, 0.1) is 0 Å². The summed E-state index contributed by atoms with van der Waals surface area (Å²) in [6.45, 7) is 0. The zero-order valence-electron chi connectivity index (χ0n) is 11.8. The lowest BCUT2D eigenvalue weighted by Gasteiger charge is -2.23. The highest BCUT2D eigenvalue weighted by molar-refractivity contribution is 9.10. The number of carbonyl (C=O) groups is 1. The molecule has 1 saturated heterocycles. The van der Waals surface area contributed by atoms with Crippen LogP contribution in [0.2, 0.25) is 0 Å². The number of hydrogen-bond donors (Lipinski definition) is 0. The third-order valence-electron chi connectivity index (χ3n) is 3.19. The first-order chi connectivity index (χ1) is 10.7. The number of methoxy groups -OCH3 is 2. The first-order valence-electron chi connectivity index (χ1n) is 6.27. The predicted molar refractivity (Wildman–Crippen MR) is 89.8 cm³/mol. The lowest BCUT2D eigenvalue weighted by atomic mass is 10.2. The average molecular weight is 402 g/mol. The van der Waals surface area contributed by atoms with Crippen LogP contribution >= 0.6 is 39.0 Å². The molecule has 6 nitrogen and oxygen atoms in total. The van der Waals surface area contributed by atoms with Crippen LogP contribution in [0.3, 0.4) is 0 Å². The van der Waals surface area contributed by atoms with Gasteiger partial charge in [-0.05, 0) is 12.1 Å². The molecule has 1 aliphatic heterocycles. The van der Waals surface area contributed by atoms with Crippen LogP contribution in [-0.2, 0) is 4.79 Å². The van der Waals surface area contributed by atoms with Gasteiger partial charge in [-0.15, -0.1) is 22.0 Å². The number of benzene rings is 1. The molecule has 0 N–H and O–H groups in total. The summed E-state index contributed by atoms with van der Waals surface area (Å²) < 4.78 is 11.5. The molecule has 1 aromatic heterocycles. The smallest absolute Gasteiger partial charge is 0.240 e. The molecule has 1 aromatic carbocycles. The normalized spacial score (nSPS) is 17.9. The minimum atomic E-state index is -0.172. The standard InChI is InChI=1S/C13H12BrN3O3S2/c1-19-9-3-7(8(14)4-10(9)20-2)12-17(11(18)5-21-12)13-16-15-6-22-13/h3-4,6,12H,5H2,1-2H3/t12-/m1/s1. The van der Waals surface area contributed by atoms with E-state index in [-0.39, 0.29) is 11.3 Å². The van der Waals surface area contributed by atoms with E-state index in [0.717, 1.165) is 10.0 Å². The fraction of sp³-hybridized carbons (Fsp3) is 0.308. The Labute approximate surface area is 143 Å². The number of hydrogen-bond acceptors (Lipinski definition) is 7. The van der Waals surface area contributed by atoms with Crippen LogP contribution in [-0.4, -0.2) is 36.1 Å². The second kappa shape index (κ2) is 6.43. The quantitative estimate of drug-likeness (QED) is 0.783. The van der Waals surface area contributed by atoms with Crippen LogP contribution in [0.25, 0.3) is 0 Å². The largest absolute Gasteiger partial charge is 0.493 e. The maximum atomic E-state index is 12.2. The van der Waals surface area contributed by atoms with Crippen LogP contribution in [0.5, 0.6) is 11.5 Å². The predicted octanol–water partition coefficient (Wildman–Crippen LogP) is 3.10. The topological polar surface area (TPSA) is 64.5 Å². The second-order valence-electron chi connectivity index (χ2n) is 4.38. The molecule has 0 spiro atoms. The van der Waals surface area contributed by atoms with Crippen molar-refractivity contribution in [2.45, 2.75) is 5.37 Å². The van der Waals surface area contributed by atoms with E-state index in [1.165, 1.54) is 11.3 Å². The SMILES string of the molecule is COc1cc(Br)c([C@H]2SCC(=O)N2c2nncs2)cc1OC. The van der Waals surface area contributed by atoms with E-state index in [0.29, 0.717) is 22.4 Å². The van der Waals surface area contributed by atoms with E-state index in [2.05, 4.69) is 26.1 Å². The van der Waals surface area contributed by atoms with Crippen LogP contribution in [0.1, 0.15) is 10.9 Å². The van der Waals surface area contributed by atoms with E-state index >= 15 is 0 Å². The minimum absolute atomic E-state index is 0.0217. The Hall–Kier alpha value is -1.32. The third kappa shape index (κ3) is 2.68. The number of ether oxygens (including phenoxy) is 2. The number of nitrogens with zero attached hydrogens (tertiary/aromatic N) is 3. The minimum Gasteiger partial charge on any atom is -0.493 e. The van der Waals surface area contributed by atoms with Gasteiger partial charge in [0.2, 0.25) is 11.0 Å². The van der Waals surface area contributed by atoms with Crippen molar-refractivity contribution in [3.05, 3.63) is 27.7 Å². The maximum absolute atomic E-state index is 12.2. The van der Waals surface area contributed by atoms with Crippen molar-refractivity contribution in [3.63, 3.8) is 0 Å². The molecule has 22 heavy (non-hydrogen) atoms. The van der Waals surface area contributed by atoms with Crippen LogP contribution in [0.15, 0.2) is 22.1 Å². The van der Waals surface area contributed by atoms with Crippen molar-refractivity contribution < 1.29 is 14.3 Å². The molecule has 0 bridgehead atoms. The van der Waals surface area contributed by atoms with Gasteiger partial charge in [-0.3, -0.25) is 9.69 Å². The Morgan fingerprint density at radius 2 is 2.05 bits per heavy atom. The monoisotopic (exact) mass is 401 g/mol. The van der Waals surface area contributed by atoms with E-state index in [9.17, 15) is 4.79 Å². The summed E-state index contributed by atoms with van der Waals surface area (Å²) in [6, 6.07) is 3.73. The van der Waals surface area contributed by atoms with Crippen molar-refractivity contribution in [1.29, 1.82) is 0 Å². The summed E-state index contributed by atoms with van der Waals surface area (Å²) in [7, 11) is 3.18. The summed E-state index contributed by atoms with van der Waals surface area (Å²) in [5, 5.41) is 8.27. The Bertz CT molecular complexity index is 696. The van der Waals surface area contributed by atoms with Gasteiger partial charge in [0.1, 0.15) is 10.9 Å². The van der Waals surface area contributed by atoms with Gasteiger partial charge in [-0.2, -0.15) is 0 Å². The van der Waals surface area contributed by atoms with Gasteiger partial charge in [0, 0.05) is 10.0 Å². The van der Waals surface area contributed by atoms with Gasteiger partial charge < -0.3 is 9.47 Å². The third-order valence-corrected chi connectivity index (χ3v) is 5.76. The number of aromatic nitrogens is 2. The number of anilines is 1. The van der Waals surface area contributed by atoms with E-state index in [1.807, 2.05) is 12.1 Å². The molecule has 0 aliphatic carbocycles. The Kier molecular flexibility index (Phi) is 4.55. The summed E-state index contributed by atoms with van der Waals surface area (Å²) in [6.07, 6.45) is 0. The number of thioether (sulfide) groups is 1. The molecule has 3 rings (SSSR count). The molecule has 0 radical (unpaired) electrons. The number of amides is 1. The summed E-state index contributed by atoms with van der Waals surface area (Å²) >= 11 is 6.44. The van der Waals surface area contributed by atoms with Gasteiger partial charge in [-0.25, -0.2) is 0 Å². The molecule has 1 aliphatic rings. The van der Waals surface area contributed by atoms with E-state index in [1.54, 1.807) is 36.4 Å². The molecule has 1 atom stereocenters. The van der Waals surface area contributed by atoms with Gasteiger partial charge in [0.25, 0.3) is 0 Å². The Morgan fingerprint density at radius 1 is 1.32 bits per heavy atom. The highest BCUT2D eigenvalue weighted by atomic mass is 79.9. The summed E-state index contributed by atoms with van der Waals surface area (Å²) in [5.74, 6) is 1.69. The lowest BCUT2D eigenvalue weighted by molar-refractivity contribution is -0.115. The highest BCUT2D eigenvalue weighted by Crippen LogP contribution is 2.47. The molecule has 1 fully saturated rings.